The topological polar surface area (TPSA) is 37.3 Å². The molecular formula is C19H31ClO2. The summed E-state index contributed by atoms with van der Waals surface area (Å²) >= 11 is 5.79. The normalized spacial score (nSPS) is 19.0. The first kappa shape index (κ1) is 21.1. The highest BCUT2D eigenvalue weighted by Gasteiger charge is 2.25. The molecule has 0 aromatic heterocycles. The molecule has 0 aliphatic heterocycles. The Morgan fingerprint density at radius 3 is 2.36 bits per heavy atom. The molecule has 0 heterocycles. The summed E-state index contributed by atoms with van der Waals surface area (Å²) in [6, 6.07) is 5.61. The zero-order chi connectivity index (χ0) is 17.1. The van der Waals surface area contributed by atoms with Crippen molar-refractivity contribution in [2.24, 2.45) is 5.92 Å². The Morgan fingerprint density at radius 1 is 1.32 bits per heavy atom. The van der Waals surface area contributed by atoms with Gasteiger partial charge in [-0.05, 0) is 55.9 Å². The van der Waals surface area contributed by atoms with E-state index in [2.05, 4.69) is 6.92 Å². The Kier molecular flexibility index (Phi) is 11.2. The summed E-state index contributed by atoms with van der Waals surface area (Å²) in [6.45, 7) is 9.76. The van der Waals surface area contributed by atoms with Crippen LogP contribution in [0.4, 0.5) is 0 Å². The number of carbonyl (C=O) groups is 1. The minimum absolute atomic E-state index is 0.0477. The third-order valence-electron chi connectivity index (χ3n) is 3.66. The molecule has 0 bridgehead atoms. The van der Waals surface area contributed by atoms with Crippen LogP contribution in [0.3, 0.4) is 0 Å². The first-order valence-corrected chi connectivity index (χ1v) is 8.72. The third-order valence-corrected chi connectivity index (χ3v) is 3.89. The fraction of sp³-hybridized carbons (Fsp3) is 0.632. The minimum atomic E-state index is 0.0477. The summed E-state index contributed by atoms with van der Waals surface area (Å²) in [5.41, 5.74) is 2.14. The molecule has 3 heteroatoms. The van der Waals surface area contributed by atoms with Crippen LogP contribution in [0, 0.1) is 12.8 Å². The van der Waals surface area contributed by atoms with Crippen LogP contribution in [0.25, 0.3) is 0 Å². The average Bonchev–Trinajstić information content (AvgIpc) is 2.44. The number of benzene rings is 1. The number of ketones is 1. The van der Waals surface area contributed by atoms with Crippen LogP contribution < -0.4 is 0 Å². The SMILES string of the molecule is CC.CC(=O)Cc1cc(Cl)ccc1C.CCCC1CC(O)C1. The smallest absolute Gasteiger partial charge is 0.134 e. The number of hydrogen-bond acceptors (Lipinski definition) is 2. The van der Waals surface area contributed by atoms with E-state index in [1.165, 1.54) is 12.8 Å². The molecular weight excluding hydrogens is 296 g/mol. The molecule has 1 N–H and O–H groups in total. The van der Waals surface area contributed by atoms with Crippen molar-refractivity contribution < 1.29 is 9.90 Å². The van der Waals surface area contributed by atoms with Gasteiger partial charge in [-0.25, -0.2) is 0 Å². The van der Waals surface area contributed by atoms with Gasteiger partial charge in [0.05, 0.1) is 6.10 Å². The number of carbonyl (C=O) groups excluding carboxylic acids is 1. The predicted octanol–water partition coefficient (Wildman–Crippen LogP) is 5.36. The van der Waals surface area contributed by atoms with Crippen molar-refractivity contribution in [3.8, 4) is 0 Å². The maximum absolute atomic E-state index is 10.8. The lowest BCUT2D eigenvalue weighted by Gasteiger charge is -2.30. The predicted molar refractivity (Wildman–Crippen MR) is 95.6 cm³/mol. The van der Waals surface area contributed by atoms with Gasteiger partial charge in [-0.3, -0.25) is 4.79 Å². The van der Waals surface area contributed by atoms with Gasteiger partial charge < -0.3 is 5.11 Å². The highest BCUT2D eigenvalue weighted by Crippen LogP contribution is 2.30. The molecule has 0 amide bonds. The highest BCUT2D eigenvalue weighted by atomic mass is 35.5. The van der Waals surface area contributed by atoms with Gasteiger partial charge in [-0.15, -0.1) is 0 Å². The van der Waals surface area contributed by atoms with Gasteiger partial charge in [0.25, 0.3) is 0 Å². The zero-order valence-corrected chi connectivity index (χ0v) is 15.4. The van der Waals surface area contributed by atoms with Crippen LogP contribution in [0.1, 0.15) is 64.5 Å². The molecule has 1 aromatic carbocycles. The number of aryl methyl sites for hydroxylation is 1. The summed E-state index contributed by atoms with van der Waals surface area (Å²) in [4.78, 5) is 10.8. The van der Waals surface area contributed by atoms with E-state index in [9.17, 15) is 4.79 Å². The second-order valence-corrected chi connectivity index (χ2v) is 6.17. The Balaban J connectivity index is 0.000000382. The van der Waals surface area contributed by atoms with Gasteiger partial charge in [-0.2, -0.15) is 0 Å². The quantitative estimate of drug-likeness (QED) is 0.808. The number of Topliss-reactive ketones (excluding diaryl/α,β-unsaturated/α-hetero) is 1. The lowest BCUT2D eigenvalue weighted by Crippen LogP contribution is -2.27. The number of rotatable bonds is 4. The molecule has 0 atom stereocenters. The van der Waals surface area contributed by atoms with E-state index in [0.29, 0.717) is 11.4 Å². The first-order valence-electron chi connectivity index (χ1n) is 8.34. The summed E-state index contributed by atoms with van der Waals surface area (Å²) in [5.74, 6) is 1.02. The molecule has 0 radical (unpaired) electrons. The van der Waals surface area contributed by atoms with E-state index in [1.54, 1.807) is 6.92 Å². The molecule has 0 unspecified atom stereocenters. The second kappa shape index (κ2) is 11.7. The van der Waals surface area contributed by atoms with Crippen molar-refractivity contribution in [1.29, 1.82) is 0 Å². The molecule has 0 saturated heterocycles. The van der Waals surface area contributed by atoms with Gasteiger partial charge in [0.15, 0.2) is 0 Å². The van der Waals surface area contributed by atoms with Crippen molar-refractivity contribution >= 4 is 17.4 Å². The van der Waals surface area contributed by atoms with Gasteiger partial charge >= 0.3 is 0 Å². The van der Waals surface area contributed by atoms with E-state index in [0.717, 1.165) is 29.9 Å². The van der Waals surface area contributed by atoms with Crippen LogP contribution in [-0.4, -0.2) is 17.0 Å². The molecule has 126 valence electrons. The number of aliphatic hydroxyl groups is 1. The molecule has 0 spiro atoms. The number of aliphatic hydroxyl groups excluding tert-OH is 1. The average molecular weight is 327 g/mol. The van der Waals surface area contributed by atoms with E-state index in [4.69, 9.17) is 16.7 Å². The van der Waals surface area contributed by atoms with Crippen molar-refractivity contribution in [2.45, 2.75) is 72.8 Å². The maximum atomic E-state index is 10.8. The van der Waals surface area contributed by atoms with Gasteiger partial charge in [-0.1, -0.05) is 51.3 Å². The lowest BCUT2D eigenvalue weighted by molar-refractivity contribution is -0.116. The zero-order valence-electron chi connectivity index (χ0n) is 14.7. The Morgan fingerprint density at radius 2 is 1.91 bits per heavy atom. The summed E-state index contributed by atoms with van der Waals surface area (Å²) in [6.07, 6.45) is 5.24. The molecule has 1 saturated carbocycles. The van der Waals surface area contributed by atoms with Crippen molar-refractivity contribution in [2.75, 3.05) is 0 Å². The van der Waals surface area contributed by atoms with Crippen LogP contribution in [0.5, 0.6) is 0 Å². The van der Waals surface area contributed by atoms with Crippen LogP contribution in [0.2, 0.25) is 5.02 Å². The minimum Gasteiger partial charge on any atom is -0.393 e. The molecule has 1 fully saturated rings. The van der Waals surface area contributed by atoms with Crippen molar-refractivity contribution in [3.05, 3.63) is 34.3 Å². The Bertz CT molecular complexity index is 434. The van der Waals surface area contributed by atoms with Gasteiger partial charge in [0.2, 0.25) is 0 Å². The summed E-state index contributed by atoms with van der Waals surface area (Å²) < 4.78 is 0. The molecule has 1 aromatic rings. The standard InChI is InChI=1S/C10H11ClO.C7H14O.C2H6/c1-7-3-4-10(11)6-9(7)5-8(2)12;1-2-3-6-4-7(8)5-6;1-2/h3-4,6H,5H2,1-2H3;6-8H,2-5H2,1H3;1-2H3. The summed E-state index contributed by atoms with van der Waals surface area (Å²) in [7, 11) is 0. The Labute approximate surface area is 140 Å². The van der Waals surface area contributed by atoms with Crippen molar-refractivity contribution in [3.63, 3.8) is 0 Å². The molecule has 1 aliphatic carbocycles. The highest BCUT2D eigenvalue weighted by molar-refractivity contribution is 6.30. The molecule has 2 nitrogen and oxygen atoms in total. The van der Waals surface area contributed by atoms with Gasteiger partial charge in [0, 0.05) is 11.4 Å². The van der Waals surface area contributed by atoms with E-state index in [-0.39, 0.29) is 11.9 Å². The van der Waals surface area contributed by atoms with Crippen LogP contribution in [0.15, 0.2) is 18.2 Å². The largest absolute Gasteiger partial charge is 0.393 e. The number of halogens is 1. The Hall–Kier alpha value is -0.860. The molecule has 2 rings (SSSR count). The monoisotopic (exact) mass is 326 g/mol. The molecule has 1 aliphatic rings. The maximum Gasteiger partial charge on any atom is 0.134 e. The van der Waals surface area contributed by atoms with Crippen LogP contribution in [-0.2, 0) is 11.2 Å². The first-order chi connectivity index (χ1) is 10.4. The van der Waals surface area contributed by atoms with E-state index < -0.39 is 0 Å². The van der Waals surface area contributed by atoms with E-state index >= 15 is 0 Å². The lowest BCUT2D eigenvalue weighted by atomic mass is 9.80. The van der Waals surface area contributed by atoms with Crippen LogP contribution >= 0.6 is 11.6 Å². The molecule has 22 heavy (non-hydrogen) atoms. The van der Waals surface area contributed by atoms with Gasteiger partial charge in [0.1, 0.15) is 5.78 Å². The summed E-state index contributed by atoms with van der Waals surface area (Å²) in [5, 5.41) is 9.54. The second-order valence-electron chi connectivity index (χ2n) is 5.73. The van der Waals surface area contributed by atoms with E-state index in [1.807, 2.05) is 39.0 Å². The fourth-order valence-electron chi connectivity index (χ4n) is 2.44. The number of hydrogen-bond donors (Lipinski definition) is 1. The fourth-order valence-corrected chi connectivity index (χ4v) is 2.64. The third kappa shape index (κ3) is 8.55. The van der Waals surface area contributed by atoms with Crippen molar-refractivity contribution in [1.82, 2.24) is 0 Å².